The van der Waals surface area contributed by atoms with Gasteiger partial charge < -0.3 is 9.64 Å². The fourth-order valence-corrected chi connectivity index (χ4v) is 2.03. The van der Waals surface area contributed by atoms with Crippen LogP contribution in [-0.4, -0.2) is 37.1 Å². The Balaban J connectivity index is 2.19. The molecule has 1 aliphatic rings. The molecule has 1 atom stereocenters. The van der Waals surface area contributed by atoms with Crippen molar-refractivity contribution in [2.45, 2.75) is 45.1 Å². The lowest BCUT2D eigenvalue weighted by Gasteiger charge is -2.32. The molecule has 3 heteroatoms. The van der Waals surface area contributed by atoms with Crippen molar-refractivity contribution in [1.82, 2.24) is 4.90 Å². The van der Waals surface area contributed by atoms with Crippen LogP contribution in [0.5, 0.6) is 0 Å². The molecular formula is C11H21NO2. The minimum Gasteiger partial charge on any atom is -0.466 e. The van der Waals surface area contributed by atoms with E-state index in [-0.39, 0.29) is 5.97 Å². The summed E-state index contributed by atoms with van der Waals surface area (Å²) in [6.45, 7) is 3.53. The fraction of sp³-hybridized carbons (Fsp3) is 0.909. The van der Waals surface area contributed by atoms with Gasteiger partial charge in [0.05, 0.1) is 6.61 Å². The molecule has 0 amide bonds. The van der Waals surface area contributed by atoms with Crippen molar-refractivity contribution in [3.63, 3.8) is 0 Å². The van der Waals surface area contributed by atoms with E-state index in [2.05, 4.69) is 11.9 Å². The van der Waals surface area contributed by atoms with Gasteiger partial charge in [-0.05, 0) is 39.8 Å². The summed E-state index contributed by atoms with van der Waals surface area (Å²) in [5, 5.41) is 0. The molecule has 0 aliphatic carbocycles. The average molecular weight is 199 g/mol. The van der Waals surface area contributed by atoms with Gasteiger partial charge in [0, 0.05) is 12.5 Å². The zero-order valence-electron chi connectivity index (χ0n) is 9.29. The molecule has 0 bridgehead atoms. The zero-order valence-corrected chi connectivity index (χ0v) is 9.29. The third-order valence-electron chi connectivity index (χ3n) is 2.91. The number of likely N-dealkylation sites (tertiary alicyclic amines) is 1. The Morgan fingerprint density at radius 2 is 2.29 bits per heavy atom. The first kappa shape index (κ1) is 11.5. The van der Waals surface area contributed by atoms with Gasteiger partial charge in [0.15, 0.2) is 0 Å². The molecule has 0 radical (unpaired) electrons. The van der Waals surface area contributed by atoms with Crippen LogP contribution in [0.3, 0.4) is 0 Å². The number of hydrogen-bond acceptors (Lipinski definition) is 3. The number of nitrogens with zero attached hydrogens (tertiary/aromatic N) is 1. The smallest absolute Gasteiger partial charge is 0.305 e. The van der Waals surface area contributed by atoms with Crippen LogP contribution in [0.15, 0.2) is 0 Å². The van der Waals surface area contributed by atoms with E-state index in [1.165, 1.54) is 25.8 Å². The average Bonchev–Trinajstić information content (AvgIpc) is 2.17. The summed E-state index contributed by atoms with van der Waals surface area (Å²) in [4.78, 5) is 13.5. The summed E-state index contributed by atoms with van der Waals surface area (Å²) in [6, 6.07) is 0.591. The quantitative estimate of drug-likeness (QED) is 0.647. The highest BCUT2D eigenvalue weighted by atomic mass is 16.5. The second-order valence-corrected chi connectivity index (χ2v) is 3.97. The fourth-order valence-electron chi connectivity index (χ4n) is 2.03. The molecule has 0 aromatic rings. The molecule has 3 nitrogen and oxygen atoms in total. The summed E-state index contributed by atoms with van der Waals surface area (Å²) in [6.07, 6.45) is 5.36. The van der Waals surface area contributed by atoms with Gasteiger partial charge in [-0.1, -0.05) is 6.42 Å². The summed E-state index contributed by atoms with van der Waals surface area (Å²) < 4.78 is 4.91. The molecule has 1 fully saturated rings. The van der Waals surface area contributed by atoms with E-state index in [0.29, 0.717) is 19.1 Å². The maximum Gasteiger partial charge on any atom is 0.305 e. The topological polar surface area (TPSA) is 29.5 Å². The van der Waals surface area contributed by atoms with Gasteiger partial charge >= 0.3 is 5.97 Å². The van der Waals surface area contributed by atoms with Gasteiger partial charge in [0.2, 0.25) is 0 Å². The standard InChI is InChI=1S/C11H21NO2/c1-3-14-11(13)8-7-10-6-4-5-9-12(10)2/h10H,3-9H2,1-2H3/t10-/m0/s1. The Morgan fingerprint density at radius 3 is 2.93 bits per heavy atom. The number of carbonyl (C=O) groups excluding carboxylic acids is 1. The number of ether oxygens (including phenoxy) is 1. The molecule has 1 saturated heterocycles. The number of rotatable bonds is 4. The molecule has 0 unspecified atom stereocenters. The highest BCUT2D eigenvalue weighted by Gasteiger charge is 2.19. The Hall–Kier alpha value is -0.570. The van der Waals surface area contributed by atoms with Crippen LogP contribution in [0.25, 0.3) is 0 Å². The van der Waals surface area contributed by atoms with E-state index < -0.39 is 0 Å². The Bertz CT molecular complexity index is 182. The molecule has 0 N–H and O–H groups in total. The van der Waals surface area contributed by atoms with Crippen molar-refractivity contribution >= 4 is 5.97 Å². The largest absolute Gasteiger partial charge is 0.466 e. The van der Waals surface area contributed by atoms with E-state index in [4.69, 9.17) is 4.74 Å². The van der Waals surface area contributed by atoms with E-state index in [9.17, 15) is 4.79 Å². The summed E-state index contributed by atoms with van der Waals surface area (Å²) in [5.41, 5.74) is 0. The van der Waals surface area contributed by atoms with Crippen LogP contribution < -0.4 is 0 Å². The predicted molar refractivity (Wildman–Crippen MR) is 56.1 cm³/mol. The monoisotopic (exact) mass is 199 g/mol. The number of carbonyl (C=O) groups is 1. The van der Waals surface area contributed by atoms with E-state index >= 15 is 0 Å². The van der Waals surface area contributed by atoms with Crippen LogP contribution in [0, 0.1) is 0 Å². The predicted octanol–water partition coefficient (Wildman–Crippen LogP) is 1.81. The number of hydrogen-bond donors (Lipinski definition) is 0. The maximum atomic E-state index is 11.2. The van der Waals surface area contributed by atoms with Crippen LogP contribution in [0.4, 0.5) is 0 Å². The van der Waals surface area contributed by atoms with E-state index in [1.54, 1.807) is 0 Å². The van der Waals surface area contributed by atoms with Crippen molar-refractivity contribution < 1.29 is 9.53 Å². The molecule has 14 heavy (non-hydrogen) atoms. The summed E-state index contributed by atoms with van der Waals surface area (Å²) in [7, 11) is 2.15. The number of piperidine rings is 1. The summed E-state index contributed by atoms with van der Waals surface area (Å²) in [5.74, 6) is -0.0496. The van der Waals surface area contributed by atoms with Crippen LogP contribution in [0.2, 0.25) is 0 Å². The lowest BCUT2D eigenvalue weighted by Crippen LogP contribution is -2.36. The van der Waals surface area contributed by atoms with Gasteiger partial charge in [-0.15, -0.1) is 0 Å². The molecule has 0 spiro atoms. The first-order valence-electron chi connectivity index (χ1n) is 5.60. The van der Waals surface area contributed by atoms with E-state index in [1.807, 2.05) is 6.92 Å². The van der Waals surface area contributed by atoms with Crippen molar-refractivity contribution in [3.8, 4) is 0 Å². The molecule has 1 rings (SSSR count). The van der Waals surface area contributed by atoms with E-state index in [0.717, 1.165) is 6.42 Å². The van der Waals surface area contributed by atoms with Gasteiger partial charge in [0.25, 0.3) is 0 Å². The first-order valence-corrected chi connectivity index (χ1v) is 5.60. The van der Waals surface area contributed by atoms with Gasteiger partial charge in [-0.3, -0.25) is 4.79 Å². The molecule has 0 aromatic carbocycles. The molecule has 1 heterocycles. The normalized spacial score (nSPS) is 23.4. The second kappa shape index (κ2) is 6.02. The molecule has 1 aliphatic heterocycles. The van der Waals surface area contributed by atoms with Gasteiger partial charge in [-0.2, -0.15) is 0 Å². The number of esters is 1. The summed E-state index contributed by atoms with van der Waals surface area (Å²) >= 11 is 0. The van der Waals surface area contributed by atoms with Crippen molar-refractivity contribution in [1.29, 1.82) is 0 Å². The zero-order chi connectivity index (χ0) is 10.4. The molecular weight excluding hydrogens is 178 g/mol. The van der Waals surface area contributed by atoms with Crippen LogP contribution in [-0.2, 0) is 9.53 Å². The van der Waals surface area contributed by atoms with Crippen molar-refractivity contribution in [2.24, 2.45) is 0 Å². The maximum absolute atomic E-state index is 11.2. The lowest BCUT2D eigenvalue weighted by atomic mass is 9.99. The molecule has 82 valence electrons. The highest BCUT2D eigenvalue weighted by Crippen LogP contribution is 2.18. The van der Waals surface area contributed by atoms with Crippen LogP contribution in [0.1, 0.15) is 39.0 Å². The first-order chi connectivity index (χ1) is 6.74. The van der Waals surface area contributed by atoms with Crippen molar-refractivity contribution in [2.75, 3.05) is 20.2 Å². The Morgan fingerprint density at radius 1 is 1.50 bits per heavy atom. The van der Waals surface area contributed by atoms with Gasteiger partial charge in [0.1, 0.15) is 0 Å². The SMILES string of the molecule is CCOC(=O)CC[C@@H]1CCCCN1C. The third kappa shape index (κ3) is 3.66. The lowest BCUT2D eigenvalue weighted by molar-refractivity contribution is -0.143. The minimum absolute atomic E-state index is 0.0496. The highest BCUT2D eigenvalue weighted by molar-refractivity contribution is 5.69. The minimum atomic E-state index is -0.0496. The third-order valence-corrected chi connectivity index (χ3v) is 2.91. The van der Waals surface area contributed by atoms with Crippen molar-refractivity contribution in [3.05, 3.63) is 0 Å². The Kier molecular flexibility index (Phi) is 4.94. The second-order valence-electron chi connectivity index (χ2n) is 3.97. The molecule has 0 aromatic heterocycles. The van der Waals surface area contributed by atoms with Crippen LogP contribution >= 0.6 is 0 Å². The molecule has 0 saturated carbocycles. The Labute approximate surface area is 86.4 Å². The van der Waals surface area contributed by atoms with Gasteiger partial charge in [-0.25, -0.2) is 0 Å².